The summed E-state index contributed by atoms with van der Waals surface area (Å²) in [5, 5.41) is 1.88. The lowest BCUT2D eigenvalue weighted by Crippen LogP contribution is -2.41. The number of hydrogen-bond acceptors (Lipinski definition) is 2. The third-order valence-electron chi connectivity index (χ3n) is 4.74. The Hall–Kier alpha value is -1.78. The molecule has 1 unspecified atom stereocenters. The van der Waals surface area contributed by atoms with Crippen LogP contribution in [0.25, 0.3) is 16.5 Å². The molecule has 2 aliphatic heterocycles. The number of fused-ring (bicyclic) bond motifs is 1. The molecule has 0 saturated carbocycles. The summed E-state index contributed by atoms with van der Waals surface area (Å²) in [4.78, 5) is 17.6. The first-order chi connectivity index (χ1) is 11.2. The van der Waals surface area contributed by atoms with Crippen molar-refractivity contribution >= 4 is 34.0 Å². The van der Waals surface area contributed by atoms with Crippen molar-refractivity contribution in [3.8, 4) is 0 Å². The first-order valence-corrected chi connectivity index (χ1v) is 8.47. The molecule has 2 aromatic rings. The van der Waals surface area contributed by atoms with Gasteiger partial charge >= 0.3 is 0 Å². The molecule has 2 aliphatic rings. The average molecular weight is 331 g/mol. The van der Waals surface area contributed by atoms with Crippen LogP contribution in [0.15, 0.2) is 30.5 Å². The minimum atomic E-state index is -0.225. The highest BCUT2D eigenvalue weighted by Gasteiger charge is 2.29. The monoisotopic (exact) mass is 330 g/mol. The number of halogens is 1. The van der Waals surface area contributed by atoms with Crippen LogP contribution < -0.4 is 0 Å². The highest BCUT2D eigenvalue weighted by Crippen LogP contribution is 2.32. The van der Waals surface area contributed by atoms with Gasteiger partial charge in [0.25, 0.3) is 5.91 Å². The summed E-state index contributed by atoms with van der Waals surface area (Å²) in [7, 11) is 0. The number of benzene rings is 1. The smallest absolute Gasteiger partial charge is 0.251 e. The highest BCUT2D eigenvalue weighted by molar-refractivity contribution is 6.35. The van der Waals surface area contributed by atoms with Gasteiger partial charge in [-0.25, -0.2) is 0 Å². The van der Waals surface area contributed by atoms with Crippen LogP contribution in [0.2, 0.25) is 5.02 Å². The van der Waals surface area contributed by atoms with Gasteiger partial charge in [0.15, 0.2) is 0 Å². The van der Waals surface area contributed by atoms with E-state index in [4.69, 9.17) is 16.3 Å². The zero-order valence-electron chi connectivity index (χ0n) is 12.8. The first kappa shape index (κ1) is 14.8. The molecule has 0 spiro atoms. The number of carbonyl (C=O) groups excluding carboxylic acids is 1. The van der Waals surface area contributed by atoms with Crippen molar-refractivity contribution in [1.82, 2.24) is 9.88 Å². The Balaban J connectivity index is 1.55. The van der Waals surface area contributed by atoms with Gasteiger partial charge in [0.2, 0.25) is 0 Å². The largest absolute Gasteiger partial charge is 0.368 e. The minimum absolute atomic E-state index is 0.139. The zero-order valence-corrected chi connectivity index (χ0v) is 13.6. The van der Waals surface area contributed by atoms with Gasteiger partial charge in [0.1, 0.15) is 6.10 Å². The van der Waals surface area contributed by atoms with Crippen molar-refractivity contribution in [3.05, 3.63) is 41.1 Å². The molecule has 4 rings (SSSR count). The number of rotatable bonds is 2. The third kappa shape index (κ3) is 2.66. The number of hydrogen-bond donors (Lipinski definition) is 1. The SMILES string of the molecule is O=C(C1CCCO1)N1CC=C(c2c[nH]c3c(Cl)cccc23)CC1. The van der Waals surface area contributed by atoms with Crippen LogP contribution in [0.3, 0.4) is 0 Å². The van der Waals surface area contributed by atoms with E-state index in [1.807, 2.05) is 23.2 Å². The van der Waals surface area contributed by atoms with Gasteiger partial charge in [-0.3, -0.25) is 4.79 Å². The summed E-state index contributed by atoms with van der Waals surface area (Å²) in [6.07, 6.45) is 6.64. The van der Waals surface area contributed by atoms with E-state index in [-0.39, 0.29) is 12.0 Å². The van der Waals surface area contributed by atoms with E-state index in [1.165, 1.54) is 11.1 Å². The van der Waals surface area contributed by atoms with E-state index in [2.05, 4.69) is 17.1 Å². The summed E-state index contributed by atoms with van der Waals surface area (Å²) in [5.74, 6) is 0.139. The molecular formula is C18H19ClN2O2. The lowest BCUT2D eigenvalue weighted by Gasteiger charge is -2.28. The highest BCUT2D eigenvalue weighted by atomic mass is 35.5. The second kappa shape index (κ2) is 6.02. The molecule has 0 radical (unpaired) electrons. The second-order valence-corrected chi connectivity index (χ2v) is 6.54. The number of aromatic amines is 1. The predicted octanol–water partition coefficient (Wildman–Crippen LogP) is 3.62. The van der Waals surface area contributed by atoms with Crippen LogP contribution in [-0.4, -0.2) is 41.6 Å². The predicted molar refractivity (Wildman–Crippen MR) is 91.5 cm³/mol. The number of para-hydroxylation sites is 1. The van der Waals surface area contributed by atoms with Crippen molar-refractivity contribution in [1.29, 1.82) is 0 Å². The van der Waals surface area contributed by atoms with Crippen LogP contribution >= 0.6 is 11.6 Å². The quantitative estimate of drug-likeness (QED) is 0.914. The first-order valence-electron chi connectivity index (χ1n) is 8.09. The normalized spacial score (nSPS) is 21.7. The summed E-state index contributed by atoms with van der Waals surface area (Å²) < 4.78 is 5.51. The average Bonchev–Trinajstić information content (AvgIpc) is 3.25. The molecule has 4 nitrogen and oxygen atoms in total. The lowest BCUT2D eigenvalue weighted by atomic mass is 9.98. The van der Waals surface area contributed by atoms with Crippen LogP contribution in [0.4, 0.5) is 0 Å². The number of carbonyl (C=O) groups is 1. The molecule has 1 saturated heterocycles. The number of aromatic nitrogens is 1. The molecule has 1 fully saturated rings. The van der Waals surface area contributed by atoms with Crippen molar-refractivity contribution in [2.24, 2.45) is 0 Å². The maximum absolute atomic E-state index is 12.4. The Morgan fingerprint density at radius 2 is 2.30 bits per heavy atom. The summed E-state index contributed by atoms with van der Waals surface area (Å²) in [5.41, 5.74) is 3.43. The fourth-order valence-electron chi connectivity index (χ4n) is 3.47. The number of H-pyrrole nitrogens is 1. The maximum Gasteiger partial charge on any atom is 0.251 e. The van der Waals surface area contributed by atoms with E-state index >= 15 is 0 Å². The Labute approximate surface area is 140 Å². The number of nitrogens with zero attached hydrogens (tertiary/aromatic N) is 1. The molecule has 1 aromatic carbocycles. The van der Waals surface area contributed by atoms with Crippen LogP contribution in [-0.2, 0) is 9.53 Å². The molecule has 1 amide bonds. The molecule has 1 atom stereocenters. The molecule has 3 heterocycles. The number of nitrogens with one attached hydrogen (secondary N) is 1. The van der Waals surface area contributed by atoms with Gasteiger partial charge in [0, 0.05) is 36.8 Å². The Morgan fingerprint density at radius 3 is 3.04 bits per heavy atom. The van der Waals surface area contributed by atoms with Gasteiger partial charge in [-0.15, -0.1) is 0 Å². The molecular weight excluding hydrogens is 312 g/mol. The molecule has 5 heteroatoms. The third-order valence-corrected chi connectivity index (χ3v) is 5.05. The van der Waals surface area contributed by atoms with E-state index in [0.29, 0.717) is 13.2 Å². The second-order valence-electron chi connectivity index (χ2n) is 6.13. The van der Waals surface area contributed by atoms with E-state index in [9.17, 15) is 4.79 Å². The van der Waals surface area contributed by atoms with Crippen LogP contribution in [0.1, 0.15) is 24.8 Å². The number of amides is 1. The summed E-state index contributed by atoms with van der Waals surface area (Å²) in [6, 6.07) is 5.94. The number of ether oxygens (including phenoxy) is 1. The van der Waals surface area contributed by atoms with Crippen molar-refractivity contribution in [2.75, 3.05) is 19.7 Å². The van der Waals surface area contributed by atoms with Crippen molar-refractivity contribution < 1.29 is 9.53 Å². The van der Waals surface area contributed by atoms with Gasteiger partial charge in [-0.1, -0.05) is 29.8 Å². The van der Waals surface area contributed by atoms with E-state index in [1.54, 1.807) is 0 Å². The molecule has 0 bridgehead atoms. The minimum Gasteiger partial charge on any atom is -0.368 e. The van der Waals surface area contributed by atoms with Gasteiger partial charge in [-0.05, 0) is 30.9 Å². The van der Waals surface area contributed by atoms with Crippen molar-refractivity contribution in [2.45, 2.75) is 25.4 Å². The Morgan fingerprint density at radius 1 is 1.39 bits per heavy atom. The molecule has 120 valence electrons. The fraction of sp³-hybridized carbons (Fsp3) is 0.389. The molecule has 23 heavy (non-hydrogen) atoms. The van der Waals surface area contributed by atoms with Gasteiger partial charge in [-0.2, -0.15) is 0 Å². The topological polar surface area (TPSA) is 45.3 Å². The summed E-state index contributed by atoms with van der Waals surface area (Å²) in [6.45, 7) is 2.11. The van der Waals surface area contributed by atoms with Crippen LogP contribution in [0.5, 0.6) is 0 Å². The summed E-state index contributed by atoms with van der Waals surface area (Å²) >= 11 is 6.23. The zero-order chi connectivity index (χ0) is 15.8. The Bertz CT molecular complexity index is 774. The van der Waals surface area contributed by atoms with Crippen molar-refractivity contribution in [3.63, 3.8) is 0 Å². The molecule has 1 aromatic heterocycles. The van der Waals surface area contributed by atoms with E-state index in [0.717, 1.165) is 41.7 Å². The molecule has 1 N–H and O–H groups in total. The van der Waals surface area contributed by atoms with Gasteiger partial charge in [0.05, 0.1) is 10.5 Å². The Kier molecular flexibility index (Phi) is 3.87. The van der Waals surface area contributed by atoms with Gasteiger partial charge < -0.3 is 14.6 Å². The standard InChI is InChI=1S/C18H19ClN2O2/c19-15-4-1-3-13-14(11-20-17(13)15)12-6-8-21(9-7-12)18(22)16-5-2-10-23-16/h1,3-4,6,11,16,20H,2,5,7-10H2. The van der Waals surface area contributed by atoms with E-state index < -0.39 is 0 Å². The lowest BCUT2D eigenvalue weighted by molar-refractivity contribution is -0.140. The maximum atomic E-state index is 12.4. The molecule has 0 aliphatic carbocycles. The van der Waals surface area contributed by atoms with Crippen LogP contribution in [0, 0.1) is 0 Å². The fourth-order valence-corrected chi connectivity index (χ4v) is 3.70.